The molecule has 3 N–H and O–H groups in total. The molecule has 0 fully saturated rings. The molecule has 106 valence electrons. The molecule has 0 aliphatic carbocycles. The molecule has 0 spiro atoms. The predicted molar refractivity (Wildman–Crippen MR) is 83.1 cm³/mol. The minimum absolute atomic E-state index is 0.0169. The van der Waals surface area contributed by atoms with Crippen LogP contribution in [-0.2, 0) is 10.2 Å². The third-order valence-corrected chi connectivity index (χ3v) is 3.93. The largest absolute Gasteiger partial charge is 0.355 e. The monoisotopic (exact) mass is 326 g/mol. The number of hydrogen-bond acceptors (Lipinski definition) is 2. The normalized spacial score (nSPS) is 13.2. The molecular weight excluding hydrogens is 304 g/mol. The summed E-state index contributed by atoms with van der Waals surface area (Å²) in [6, 6.07) is 6.24. The second-order valence-electron chi connectivity index (χ2n) is 5.70. The molecule has 1 aromatic rings. The number of carbonyl (C=O) groups is 1. The van der Waals surface area contributed by atoms with Crippen LogP contribution in [-0.4, -0.2) is 19.0 Å². The van der Waals surface area contributed by atoms with Gasteiger partial charge in [-0.1, -0.05) is 42.8 Å². The van der Waals surface area contributed by atoms with Gasteiger partial charge in [0, 0.05) is 28.9 Å². The second-order valence-corrected chi connectivity index (χ2v) is 6.61. The van der Waals surface area contributed by atoms with E-state index in [0.29, 0.717) is 13.1 Å². The summed E-state index contributed by atoms with van der Waals surface area (Å²) in [6.45, 7) is 9.18. The summed E-state index contributed by atoms with van der Waals surface area (Å²) in [5, 5.41) is 2.98. The first kappa shape index (κ1) is 16.2. The van der Waals surface area contributed by atoms with Crippen molar-refractivity contribution in [2.24, 2.45) is 11.7 Å². The van der Waals surface area contributed by atoms with E-state index < -0.39 is 0 Å². The van der Waals surface area contributed by atoms with Gasteiger partial charge in [0.1, 0.15) is 0 Å². The molecule has 0 radical (unpaired) electrons. The molecular formula is C15H23BrN2O. The van der Waals surface area contributed by atoms with Crippen LogP contribution in [0.4, 0.5) is 0 Å². The predicted octanol–water partition coefficient (Wildman–Crippen LogP) is 2.75. The SMILES string of the molecule is Cc1ccc(Br)cc1C(C)(C)CNC(=O)C(C)CN. The van der Waals surface area contributed by atoms with E-state index in [1.165, 1.54) is 11.1 Å². The van der Waals surface area contributed by atoms with E-state index in [4.69, 9.17) is 5.73 Å². The van der Waals surface area contributed by atoms with Gasteiger partial charge < -0.3 is 11.1 Å². The summed E-state index contributed by atoms with van der Waals surface area (Å²) >= 11 is 3.50. The standard InChI is InChI=1S/C15H23BrN2O/c1-10-5-6-12(16)7-13(10)15(3,4)9-18-14(19)11(2)8-17/h5-7,11H,8-9,17H2,1-4H3,(H,18,19). The molecule has 0 bridgehead atoms. The van der Waals surface area contributed by atoms with Gasteiger partial charge in [-0.2, -0.15) is 0 Å². The Bertz CT molecular complexity index is 457. The van der Waals surface area contributed by atoms with Gasteiger partial charge in [0.05, 0.1) is 0 Å². The van der Waals surface area contributed by atoms with Crippen molar-refractivity contribution in [1.82, 2.24) is 5.32 Å². The van der Waals surface area contributed by atoms with Gasteiger partial charge in [0.2, 0.25) is 5.91 Å². The van der Waals surface area contributed by atoms with Gasteiger partial charge in [0.25, 0.3) is 0 Å². The summed E-state index contributed by atoms with van der Waals surface area (Å²) in [6.07, 6.45) is 0. The Balaban J connectivity index is 2.81. The number of amides is 1. The highest BCUT2D eigenvalue weighted by Gasteiger charge is 2.24. The zero-order valence-electron chi connectivity index (χ0n) is 12.1. The molecule has 1 amide bonds. The maximum atomic E-state index is 11.8. The van der Waals surface area contributed by atoms with E-state index in [1.807, 2.05) is 13.0 Å². The number of rotatable bonds is 5. The van der Waals surface area contributed by atoms with Crippen LogP contribution in [0.2, 0.25) is 0 Å². The average Bonchev–Trinajstić information content (AvgIpc) is 2.37. The lowest BCUT2D eigenvalue weighted by molar-refractivity contribution is -0.124. The quantitative estimate of drug-likeness (QED) is 0.874. The lowest BCUT2D eigenvalue weighted by Crippen LogP contribution is -2.41. The van der Waals surface area contributed by atoms with Gasteiger partial charge in [-0.3, -0.25) is 4.79 Å². The molecule has 3 nitrogen and oxygen atoms in total. The van der Waals surface area contributed by atoms with Gasteiger partial charge in [0.15, 0.2) is 0 Å². The maximum Gasteiger partial charge on any atom is 0.224 e. The number of halogens is 1. The molecule has 0 saturated heterocycles. The molecule has 1 rings (SSSR count). The van der Waals surface area contributed by atoms with E-state index in [9.17, 15) is 4.79 Å². The molecule has 1 unspecified atom stereocenters. The van der Waals surface area contributed by atoms with Crippen molar-refractivity contribution in [2.45, 2.75) is 33.1 Å². The van der Waals surface area contributed by atoms with Gasteiger partial charge in [-0.15, -0.1) is 0 Å². The number of aryl methyl sites for hydroxylation is 1. The highest BCUT2D eigenvalue weighted by molar-refractivity contribution is 9.10. The fraction of sp³-hybridized carbons (Fsp3) is 0.533. The van der Waals surface area contributed by atoms with Crippen LogP contribution in [0.25, 0.3) is 0 Å². The zero-order chi connectivity index (χ0) is 14.6. The lowest BCUT2D eigenvalue weighted by atomic mass is 9.82. The number of hydrogen-bond donors (Lipinski definition) is 2. The third kappa shape index (κ3) is 4.32. The Hall–Kier alpha value is -0.870. The summed E-state index contributed by atoms with van der Waals surface area (Å²) in [4.78, 5) is 11.8. The van der Waals surface area contributed by atoms with Crippen LogP contribution in [0.1, 0.15) is 31.9 Å². The van der Waals surface area contributed by atoms with E-state index in [0.717, 1.165) is 4.47 Å². The maximum absolute atomic E-state index is 11.8. The van der Waals surface area contributed by atoms with Crippen molar-refractivity contribution in [3.05, 3.63) is 33.8 Å². The molecule has 0 saturated carbocycles. The fourth-order valence-electron chi connectivity index (χ4n) is 2.01. The van der Waals surface area contributed by atoms with Crippen molar-refractivity contribution in [1.29, 1.82) is 0 Å². The molecule has 0 heterocycles. The highest BCUT2D eigenvalue weighted by Crippen LogP contribution is 2.28. The highest BCUT2D eigenvalue weighted by atomic mass is 79.9. The summed E-state index contributed by atoms with van der Waals surface area (Å²) in [7, 11) is 0. The van der Waals surface area contributed by atoms with Crippen molar-refractivity contribution < 1.29 is 4.79 Å². The average molecular weight is 327 g/mol. The molecule has 0 aliphatic heterocycles. The number of carbonyl (C=O) groups excluding carboxylic acids is 1. The minimum atomic E-state index is -0.139. The molecule has 1 atom stereocenters. The summed E-state index contributed by atoms with van der Waals surface area (Å²) in [5.41, 5.74) is 7.86. The van der Waals surface area contributed by atoms with E-state index >= 15 is 0 Å². The van der Waals surface area contributed by atoms with Crippen molar-refractivity contribution in [3.8, 4) is 0 Å². The zero-order valence-corrected chi connectivity index (χ0v) is 13.7. The van der Waals surface area contributed by atoms with Crippen LogP contribution < -0.4 is 11.1 Å². The smallest absolute Gasteiger partial charge is 0.224 e. The number of nitrogens with two attached hydrogens (primary N) is 1. The van der Waals surface area contributed by atoms with Crippen molar-refractivity contribution in [3.63, 3.8) is 0 Å². The van der Waals surface area contributed by atoms with E-state index in [1.54, 1.807) is 0 Å². The van der Waals surface area contributed by atoms with Crippen molar-refractivity contribution >= 4 is 21.8 Å². The van der Waals surface area contributed by atoms with E-state index in [2.05, 4.69) is 54.2 Å². The number of benzene rings is 1. The molecule has 19 heavy (non-hydrogen) atoms. The number of nitrogens with one attached hydrogen (secondary N) is 1. The lowest BCUT2D eigenvalue weighted by Gasteiger charge is -2.28. The van der Waals surface area contributed by atoms with Crippen molar-refractivity contribution in [2.75, 3.05) is 13.1 Å². The Morgan fingerprint density at radius 2 is 2.11 bits per heavy atom. The molecule has 0 aliphatic rings. The minimum Gasteiger partial charge on any atom is -0.355 e. The third-order valence-electron chi connectivity index (χ3n) is 3.43. The Morgan fingerprint density at radius 3 is 2.68 bits per heavy atom. The Morgan fingerprint density at radius 1 is 1.47 bits per heavy atom. The first-order valence-electron chi connectivity index (χ1n) is 6.52. The first-order valence-corrected chi connectivity index (χ1v) is 7.31. The van der Waals surface area contributed by atoms with Gasteiger partial charge in [-0.25, -0.2) is 0 Å². The molecule has 4 heteroatoms. The van der Waals surface area contributed by atoms with Crippen LogP contribution >= 0.6 is 15.9 Å². The fourth-order valence-corrected chi connectivity index (χ4v) is 2.37. The van der Waals surface area contributed by atoms with Crippen LogP contribution in [0.5, 0.6) is 0 Å². The van der Waals surface area contributed by atoms with Gasteiger partial charge >= 0.3 is 0 Å². The van der Waals surface area contributed by atoms with Crippen LogP contribution in [0, 0.1) is 12.8 Å². The molecule has 1 aromatic carbocycles. The molecule has 0 aromatic heterocycles. The van der Waals surface area contributed by atoms with Crippen LogP contribution in [0.3, 0.4) is 0 Å². The second kappa shape index (κ2) is 6.53. The van der Waals surface area contributed by atoms with Crippen LogP contribution in [0.15, 0.2) is 22.7 Å². The van der Waals surface area contributed by atoms with E-state index in [-0.39, 0.29) is 17.2 Å². The first-order chi connectivity index (χ1) is 8.77. The Labute approximate surface area is 124 Å². The topological polar surface area (TPSA) is 55.1 Å². The summed E-state index contributed by atoms with van der Waals surface area (Å²) in [5.74, 6) is -0.123. The summed E-state index contributed by atoms with van der Waals surface area (Å²) < 4.78 is 1.06. The Kier molecular flexibility index (Phi) is 5.56. The van der Waals surface area contributed by atoms with Gasteiger partial charge in [-0.05, 0) is 30.2 Å².